The second-order valence-electron chi connectivity index (χ2n) is 11.0. The van der Waals surface area contributed by atoms with Gasteiger partial charge in [-0.05, 0) is 79.3 Å². The minimum absolute atomic E-state index is 0.0256. The first-order valence-electron chi connectivity index (χ1n) is 14.0. The molecule has 2 unspecified atom stereocenters. The summed E-state index contributed by atoms with van der Waals surface area (Å²) in [6.45, 7) is 0. The number of nitrogens with zero attached hydrogens (tertiary/aromatic N) is 3. The van der Waals surface area contributed by atoms with Gasteiger partial charge in [-0.2, -0.15) is 0 Å². The van der Waals surface area contributed by atoms with E-state index in [0.717, 1.165) is 42.8 Å². The lowest BCUT2D eigenvalue weighted by molar-refractivity contribution is 0.260. The molecule has 5 aromatic rings. The molecule has 4 heterocycles. The Balaban J connectivity index is 1.20. The summed E-state index contributed by atoms with van der Waals surface area (Å²) in [5.74, 6) is 0.872. The summed E-state index contributed by atoms with van der Waals surface area (Å²) in [7, 11) is 0. The number of benzene rings is 2. The van der Waals surface area contributed by atoms with E-state index in [2.05, 4.69) is 106 Å². The van der Waals surface area contributed by atoms with Crippen molar-refractivity contribution in [3.63, 3.8) is 0 Å². The molecule has 188 valence electrons. The summed E-state index contributed by atoms with van der Waals surface area (Å²) >= 11 is 0. The van der Waals surface area contributed by atoms with Crippen LogP contribution in [0, 0.1) is 0 Å². The van der Waals surface area contributed by atoms with Crippen LogP contribution < -0.4 is 4.74 Å². The fourth-order valence-corrected chi connectivity index (χ4v) is 7.16. The van der Waals surface area contributed by atoms with Crippen LogP contribution in [0.15, 0.2) is 91.2 Å². The Morgan fingerprint density at radius 1 is 0.821 bits per heavy atom. The van der Waals surface area contributed by atoms with E-state index >= 15 is 0 Å². The first-order chi connectivity index (χ1) is 19.3. The van der Waals surface area contributed by atoms with Crippen molar-refractivity contribution in [2.45, 2.75) is 37.7 Å². The Bertz CT molecular complexity index is 1910. The second kappa shape index (κ2) is 7.97. The number of allylic oxidation sites excluding steroid dienone is 4. The molecule has 0 bridgehead atoms. The summed E-state index contributed by atoms with van der Waals surface area (Å²) in [6, 6.07) is 19.6. The molecule has 2 aromatic carbocycles. The van der Waals surface area contributed by atoms with Crippen LogP contribution in [0.5, 0.6) is 5.88 Å². The average Bonchev–Trinajstić information content (AvgIpc) is 3.64. The topological polar surface area (TPSA) is 32.0 Å². The fraction of sp³-hybridized carbons (Fsp3) is 0.171. The van der Waals surface area contributed by atoms with Crippen LogP contribution in [0.3, 0.4) is 0 Å². The van der Waals surface area contributed by atoms with E-state index in [9.17, 15) is 0 Å². The van der Waals surface area contributed by atoms with Crippen LogP contribution in [-0.4, -0.2) is 20.2 Å². The summed E-state index contributed by atoms with van der Waals surface area (Å²) in [5.41, 5.74) is 11.6. The molecule has 0 saturated heterocycles. The molecule has 0 fully saturated rings. The van der Waals surface area contributed by atoms with Gasteiger partial charge in [-0.1, -0.05) is 54.6 Å². The second-order valence-corrected chi connectivity index (χ2v) is 11.0. The Morgan fingerprint density at radius 2 is 1.59 bits per heavy atom. The van der Waals surface area contributed by atoms with E-state index in [1.807, 2.05) is 6.20 Å². The predicted octanol–water partition coefficient (Wildman–Crippen LogP) is 7.85. The van der Waals surface area contributed by atoms with Gasteiger partial charge in [0.15, 0.2) is 0 Å². The van der Waals surface area contributed by atoms with Crippen molar-refractivity contribution in [2.75, 3.05) is 0 Å². The number of hydrogen-bond donors (Lipinski definition) is 0. The maximum atomic E-state index is 6.36. The minimum atomic E-state index is -0.0256. The zero-order valence-electron chi connectivity index (χ0n) is 21.5. The van der Waals surface area contributed by atoms with Gasteiger partial charge >= 0.3 is 0 Å². The van der Waals surface area contributed by atoms with Gasteiger partial charge in [0.1, 0.15) is 6.10 Å². The first kappa shape index (κ1) is 21.4. The quantitative estimate of drug-likeness (QED) is 0.245. The maximum Gasteiger partial charge on any atom is 0.218 e. The summed E-state index contributed by atoms with van der Waals surface area (Å²) in [5, 5.41) is 2.52. The summed E-state index contributed by atoms with van der Waals surface area (Å²) < 4.78 is 11.2. The third-order valence-electron chi connectivity index (χ3n) is 8.85. The molecule has 3 aliphatic carbocycles. The lowest BCUT2D eigenvalue weighted by atomic mass is 9.91. The molecule has 39 heavy (non-hydrogen) atoms. The highest BCUT2D eigenvalue weighted by molar-refractivity contribution is 6.09. The normalized spacial score (nSPS) is 20.5. The zero-order chi connectivity index (χ0) is 25.5. The van der Waals surface area contributed by atoms with Crippen LogP contribution in [-0.2, 0) is 12.8 Å². The standard InChI is InChI=1S/C35H27N3O/c1-5-13-30-24(9-1)25-10-2-6-14-31(25)37(30)22-17-18-34-28(19-22)29-20-23(21-36-35(29)39-34)38-32-15-7-3-11-26(32)27-12-4-8-16-33(27)38/h1,3-4,6-9,11-12,14-21,28,34H,2,5,10,13H2. The van der Waals surface area contributed by atoms with Crippen molar-refractivity contribution >= 4 is 39.7 Å². The number of rotatable bonds is 2. The maximum absolute atomic E-state index is 6.36. The number of fused-ring (bicyclic) bond motifs is 9. The minimum Gasteiger partial charge on any atom is -0.469 e. The number of para-hydroxylation sites is 2. The molecule has 4 aliphatic rings. The molecular formula is C35H27N3O. The number of pyridine rings is 1. The molecule has 0 N–H and O–H groups in total. The Labute approximate surface area is 226 Å². The van der Waals surface area contributed by atoms with Crippen molar-refractivity contribution < 1.29 is 4.74 Å². The van der Waals surface area contributed by atoms with Crippen LogP contribution in [0.4, 0.5) is 0 Å². The van der Waals surface area contributed by atoms with Crippen LogP contribution in [0.1, 0.15) is 46.8 Å². The third-order valence-corrected chi connectivity index (χ3v) is 8.85. The van der Waals surface area contributed by atoms with Gasteiger partial charge in [-0.25, -0.2) is 4.98 Å². The van der Waals surface area contributed by atoms with Gasteiger partial charge in [-0.15, -0.1) is 0 Å². The van der Waals surface area contributed by atoms with Crippen molar-refractivity contribution in [2.24, 2.45) is 0 Å². The van der Waals surface area contributed by atoms with E-state index in [1.54, 1.807) is 0 Å². The van der Waals surface area contributed by atoms with Crippen molar-refractivity contribution in [1.29, 1.82) is 0 Å². The molecule has 0 spiro atoms. The molecule has 3 aromatic heterocycles. The van der Waals surface area contributed by atoms with E-state index in [-0.39, 0.29) is 12.0 Å². The highest BCUT2D eigenvalue weighted by Crippen LogP contribution is 2.45. The Kier molecular flexibility index (Phi) is 4.37. The Hall–Kier alpha value is -4.57. The van der Waals surface area contributed by atoms with Gasteiger partial charge in [0, 0.05) is 33.4 Å². The lowest BCUT2D eigenvalue weighted by Gasteiger charge is -2.22. The van der Waals surface area contributed by atoms with E-state index in [1.165, 1.54) is 50.0 Å². The average molecular weight is 506 g/mol. The predicted molar refractivity (Wildman–Crippen MR) is 158 cm³/mol. The van der Waals surface area contributed by atoms with Crippen molar-refractivity contribution in [3.05, 3.63) is 119 Å². The van der Waals surface area contributed by atoms with E-state index < -0.39 is 0 Å². The molecule has 9 rings (SSSR count). The summed E-state index contributed by atoms with van der Waals surface area (Å²) in [4.78, 5) is 4.85. The van der Waals surface area contributed by atoms with Crippen LogP contribution in [0.25, 0.3) is 45.3 Å². The van der Waals surface area contributed by atoms with Gasteiger partial charge in [0.25, 0.3) is 0 Å². The number of hydrogen-bond acceptors (Lipinski definition) is 2. The zero-order valence-corrected chi connectivity index (χ0v) is 21.5. The first-order valence-corrected chi connectivity index (χ1v) is 14.0. The third kappa shape index (κ3) is 2.97. The van der Waals surface area contributed by atoms with Gasteiger partial charge < -0.3 is 13.9 Å². The molecule has 0 amide bonds. The van der Waals surface area contributed by atoms with Gasteiger partial charge in [0.05, 0.1) is 28.8 Å². The van der Waals surface area contributed by atoms with Gasteiger partial charge in [-0.3, -0.25) is 0 Å². The van der Waals surface area contributed by atoms with E-state index in [4.69, 9.17) is 9.72 Å². The van der Waals surface area contributed by atoms with Crippen molar-refractivity contribution in [1.82, 2.24) is 14.1 Å². The largest absolute Gasteiger partial charge is 0.469 e. The molecule has 0 saturated carbocycles. The van der Waals surface area contributed by atoms with Crippen LogP contribution >= 0.6 is 0 Å². The van der Waals surface area contributed by atoms with Gasteiger partial charge in [0.2, 0.25) is 5.88 Å². The van der Waals surface area contributed by atoms with Crippen molar-refractivity contribution in [3.8, 4) is 11.6 Å². The fourth-order valence-electron chi connectivity index (χ4n) is 7.16. The van der Waals surface area contributed by atoms with Crippen LogP contribution in [0.2, 0.25) is 0 Å². The smallest absolute Gasteiger partial charge is 0.218 e. The molecule has 4 nitrogen and oxygen atoms in total. The summed E-state index contributed by atoms with van der Waals surface area (Å²) in [6.07, 6.45) is 22.6. The highest BCUT2D eigenvalue weighted by Gasteiger charge is 2.36. The molecule has 0 radical (unpaired) electrons. The SMILES string of the molecule is C1=Cc2c(c3c(n2C2=CC4c5cc(-n6c7ccccc7c7ccccc76)cnc5OC4C=C2)CCC=C3)CC1. The Morgan fingerprint density at radius 3 is 2.44 bits per heavy atom. The molecule has 4 heteroatoms. The monoisotopic (exact) mass is 505 g/mol. The number of ether oxygens (including phenoxy) is 1. The van der Waals surface area contributed by atoms with E-state index in [0.29, 0.717) is 0 Å². The molecule has 2 atom stereocenters. The molecular weight excluding hydrogens is 478 g/mol. The molecule has 1 aliphatic heterocycles. The highest BCUT2D eigenvalue weighted by atomic mass is 16.5. The lowest BCUT2D eigenvalue weighted by Crippen LogP contribution is -2.19. The number of aromatic nitrogens is 3.